The van der Waals surface area contributed by atoms with Gasteiger partial charge in [-0.15, -0.1) is 0 Å². The van der Waals surface area contributed by atoms with Gasteiger partial charge in [-0.2, -0.15) is 0 Å². The minimum absolute atomic E-state index is 0.137. The summed E-state index contributed by atoms with van der Waals surface area (Å²) in [4.78, 5) is 16.3. The highest BCUT2D eigenvalue weighted by Crippen LogP contribution is 2.12. The Bertz CT molecular complexity index is 750. The fourth-order valence-electron chi connectivity index (χ4n) is 2.43. The quantitative estimate of drug-likeness (QED) is 0.332. The van der Waals surface area contributed by atoms with Crippen molar-refractivity contribution in [3.63, 3.8) is 0 Å². The number of para-hydroxylation sites is 1. The lowest BCUT2D eigenvalue weighted by Crippen LogP contribution is -2.42. The van der Waals surface area contributed by atoms with E-state index < -0.39 is 0 Å². The molecule has 0 aromatic heterocycles. The van der Waals surface area contributed by atoms with Crippen molar-refractivity contribution in [1.29, 1.82) is 0 Å². The molecule has 7 nitrogen and oxygen atoms in total. The Balaban J connectivity index is 1.58. The summed E-state index contributed by atoms with van der Waals surface area (Å²) in [6.45, 7) is 2.41. The third-order valence-corrected chi connectivity index (χ3v) is 3.88. The van der Waals surface area contributed by atoms with Crippen LogP contribution in [0.4, 0.5) is 0 Å². The molecule has 0 spiro atoms. The number of amides is 1. The van der Waals surface area contributed by atoms with Gasteiger partial charge in [-0.3, -0.25) is 9.79 Å². The lowest BCUT2D eigenvalue weighted by molar-refractivity contribution is 0.0954. The molecular formula is C21H28N4O3. The Morgan fingerprint density at radius 2 is 1.64 bits per heavy atom. The number of nitrogens with one attached hydrogen (secondary N) is 3. The van der Waals surface area contributed by atoms with Gasteiger partial charge in [-0.25, -0.2) is 0 Å². The van der Waals surface area contributed by atoms with Crippen molar-refractivity contribution in [2.45, 2.75) is 6.42 Å². The molecule has 1 amide bonds. The number of benzene rings is 2. The molecular weight excluding hydrogens is 356 g/mol. The maximum Gasteiger partial charge on any atom is 0.251 e. The monoisotopic (exact) mass is 384 g/mol. The fourth-order valence-corrected chi connectivity index (χ4v) is 2.43. The van der Waals surface area contributed by atoms with Crippen LogP contribution in [0.5, 0.6) is 11.5 Å². The third-order valence-electron chi connectivity index (χ3n) is 3.88. The molecule has 2 aromatic carbocycles. The summed E-state index contributed by atoms with van der Waals surface area (Å²) in [5.74, 6) is 2.08. The number of hydrogen-bond acceptors (Lipinski definition) is 4. The van der Waals surface area contributed by atoms with E-state index in [4.69, 9.17) is 9.47 Å². The minimum Gasteiger partial charge on any atom is -0.497 e. The zero-order chi connectivity index (χ0) is 20.0. The van der Waals surface area contributed by atoms with E-state index in [1.165, 1.54) is 0 Å². The van der Waals surface area contributed by atoms with Gasteiger partial charge in [-0.1, -0.05) is 24.3 Å². The zero-order valence-electron chi connectivity index (χ0n) is 16.4. The second-order valence-corrected chi connectivity index (χ2v) is 5.93. The predicted octanol–water partition coefficient (Wildman–Crippen LogP) is 2.06. The average Bonchev–Trinajstić information content (AvgIpc) is 2.75. The van der Waals surface area contributed by atoms with E-state index in [-0.39, 0.29) is 5.91 Å². The van der Waals surface area contributed by atoms with E-state index in [0.717, 1.165) is 18.7 Å². The van der Waals surface area contributed by atoms with Gasteiger partial charge in [0.05, 0.1) is 13.7 Å². The Labute approximate surface area is 166 Å². The molecule has 0 aliphatic heterocycles. The highest BCUT2D eigenvalue weighted by molar-refractivity contribution is 5.94. The molecule has 0 aliphatic rings. The summed E-state index contributed by atoms with van der Waals surface area (Å²) in [5, 5.41) is 9.25. The van der Waals surface area contributed by atoms with Crippen LogP contribution in [0, 0.1) is 0 Å². The van der Waals surface area contributed by atoms with Crippen molar-refractivity contribution in [1.82, 2.24) is 16.0 Å². The molecule has 0 saturated heterocycles. The van der Waals surface area contributed by atoms with Crippen LogP contribution < -0.4 is 25.4 Å². The smallest absolute Gasteiger partial charge is 0.251 e. The van der Waals surface area contributed by atoms with Gasteiger partial charge in [0.1, 0.15) is 11.5 Å². The third kappa shape index (κ3) is 7.57. The van der Waals surface area contributed by atoms with Crippen LogP contribution in [0.3, 0.4) is 0 Å². The maximum absolute atomic E-state index is 12.1. The van der Waals surface area contributed by atoms with Crippen molar-refractivity contribution < 1.29 is 14.3 Å². The number of carbonyl (C=O) groups excluding carboxylic acids is 1. The second kappa shape index (κ2) is 12.2. The van der Waals surface area contributed by atoms with Crippen LogP contribution in [0.25, 0.3) is 0 Å². The molecule has 150 valence electrons. The first-order chi connectivity index (χ1) is 13.7. The highest BCUT2D eigenvalue weighted by Gasteiger charge is 2.06. The number of methoxy groups -OCH3 is 1. The Hall–Kier alpha value is -3.22. The molecule has 28 heavy (non-hydrogen) atoms. The molecule has 0 aliphatic carbocycles. The minimum atomic E-state index is -0.137. The lowest BCUT2D eigenvalue weighted by atomic mass is 10.2. The molecule has 0 saturated carbocycles. The lowest BCUT2D eigenvalue weighted by Gasteiger charge is -2.13. The largest absolute Gasteiger partial charge is 0.497 e. The number of carbonyl (C=O) groups is 1. The normalized spacial score (nSPS) is 10.9. The number of nitrogens with zero attached hydrogens (tertiary/aromatic N) is 1. The Morgan fingerprint density at radius 3 is 2.39 bits per heavy atom. The van der Waals surface area contributed by atoms with Crippen molar-refractivity contribution in [3.05, 3.63) is 60.2 Å². The van der Waals surface area contributed by atoms with Crippen LogP contribution in [0.15, 0.2) is 59.6 Å². The average molecular weight is 384 g/mol. The van der Waals surface area contributed by atoms with Crippen molar-refractivity contribution >= 4 is 11.9 Å². The maximum atomic E-state index is 12.1. The van der Waals surface area contributed by atoms with Crippen molar-refractivity contribution in [2.24, 2.45) is 4.99 Å². The molecule has 3 N–H and O–H groups in total. The van der Waals surface area contributed by atoms with Gasteiger partial charge in [0.15, 0.2) is 5.96 Å². The number of hydrogen-bond donors (Lipinski definition) is 3. The van der Waals surface area contributed by atoms with E-state index in [2.05, 4.69) is 20.9 Å². The van der Waals surface area contributed by atoms with Gasteiger partial charge < -0.3 is 25.4 Å². The Morgan fingerprint density at radius 1 is 0.929 bits per heavy atom. The van der Waals surface area contributed by atoms with Gasteiger partial charge in [0.2, 0.25) is 0 Å². The number of aliphatic imine (C=N–C) groups is 1. The van der Waals surface area contributed by atoms with E-state index >= 15 is 0 Å². The predicted molar refractivity (Wildman–Crippen MR) is 111 cm³/mol. The van der Waals surface area contributed by atoms with Crippen LogP contribution in [-0.4, -0.2) is 52.3 Å². The molecule has 2 rings (SSSR count). The summed E-state index contributed by atoms with van der Waals surface area (Å²) in [7, 11) is 3.29. The van der Waals surface area contributed by atoms with Crippen LogP contribution in [0.1, 0.15) is 16.8 Å². The molecule has 0 fully saturated rings. The molecule has 7 heteroatoms. The molecule has 0 bridgehead atoms. The van der Waals surface area contributed by atoms with Crippen molar-refractivity contribution in [2.75, 3.05) is 40.4 Å². The summed E-state index contributed by atoms with van der Waals surface area (Å²) >= 11 is 0. The molecule has 0 heterocycles. The summed E-state index contributed by atoms with van der Waals surface area (Å²) in [6, 6.07) is 16.8. The number of guanidine groups is 1. The first-order valence-electron chi connectivity index (χ1n) is 9.27. The highest BCUT2D eigenvalue weighted by atomic mass is 16.5. The number of rotatable bonds is 10. The number of ether oxygens (including phenoxy) is 2. The van der Waals surface area contributed by atoms with Gasteiger partial charge in [0.25, 0.3) is 5.91 Å². The van der Waals surface area contributed by atoms with E-state index in [0.29, 0.717) is 37.0 Å². The van der Waals surface area contributed by atoms with E-state index in [9.17, 15) is 4.79 Å². The zero-order valence-corrected chi connectivity index (χ0v) is 16.4. The van der Waals surface area contributed by atoms with Gasteiger partial charge in [0, 0.05) is 32.2 Å². The summed E-state index contributed by atoms with van der Waals surface area (Å²) in [5.41, 5.74) is 0.570. The first kappa shape index (κ1) is 21.1. The standard InChI is InChI=1S/C21H28N4O3/c1-22-21(24-12-7-15-28-18-9-4-3-5-10-18)25-14-13-23-20(26)17-8-6-11-19(16-17)27-2/h3-6,8-11,16H,7,12-15H2,1-2H3,(H,23,26)(H2,22,24,25). The van der Waals surface area contributed by atoms with Gasteiger partial charge in [-0.05, 0) is 36.8 Å². The second-order valence-electron chi connectivity index (χ2n) is 5.93. The molecule has 0 unspecified atom stereocenters. The summed E-state index contributed by atoms with van der Waals surface area (Å²) < 4.78 is 10.8. The molecule has 0 atom stereocenters. The van der Waals surface area contributed by atoms with Gasteiger partial charge >= 0.3 is 0 Å². The van der Waals surface area contributed by atoms with Crippen LogP contribution >= 0.6 is 0 Å². The summed E-state index contributed by atoms with van der Waals surface area (Å²) in [6.07, 6.45) is 0.849. The van der Waals surface area contributed by atoms with Crippen molar-refractivity contribution in [3.8, 4) is 11.5 Å². The van der Waals surface area contributed by atoms with E-state index in [1.807, 2.05) is 30.3 Å². The Kier molecular flexibility index (Phi) is 9.20. The topological polar surface area (TPSA) is 84.0 Å². The van der Waals surface area contributed by atoms with Crippen LogP contribution in [0.2, 0.25) is 0 Å². The van der Waals surface area contributed by atoms with Crippen LogP contribution in [-0.2, 0) is 0 Å². The SMILES string of the molecule is CN=C(NCCCOc1ccccc1)NCCNC(=O)c1cccc(OC)c1. The van der Waals surface area contributed by atoms with E-state index in [1.54, 1.807) is 38.4 Å². The fraction of sp³-hybridized carbons (Fsp3) is 0.333. The first-order valence-corrected chi connectivity index (χ1v) is 9.27. The molecule has 2 aromatic rings. The molecule has 0 radical (unpaired) electrons.